The summed E-state index contributed by atoms with van der Waals surface area (Å²) in [6.45, 7) is 3.89. The van der Waals surface area contributed by atoms with Gasteiger partial charge in [-0.2, -0.15) is 0 Å². The van der Waals surface area contributed by atoms with Crippen molar-refractivity contribution in [3.63, 3.8) is 0 Å². The van der Waals surface area contributed by atoms with E-state index in [0.717, 1.165) is 11.3 Å². The van der Waals surface area contributed by atoms with Gasteiger partial charge in [-0.1, -0.05) is 16.8 Å². The molecule has 0 aliphatic heterocycles. The number of hydrogen-bond donors (Lipinski definition) is 1. The van der Waals surface area contributed by atoms with Gasteiger partial charge in [0.15, 0.2) is 0 Å². The maximum Gasteiger partial charge on any atom is 0.335 e. The van der Waals surface area contributed by atoms with Crippen molar-refractivity contribution in [2.24, 2.45) is 0 Å². The molecule has 0 saturated carbocycles. The van der Waals surface area contributed by atoms with E-state index in [4.69, 9.17) is 26.0 Å². The third-order valence-corrected chi connectivity index (χ3v) is 3.03. The molecule has 0 saturated heterocycles. The largest absolute Gasteiger partial charge is 0.487 e. The van der Waals surface area contributed by atoms with E-state index in [0.29, 0.717) is 11.5 Å². The Morgan fingerprint density at radius 3 is 2.74 bits per heavy atom. The number of nitrogens with zero attached hydrogens (tertiary/aromatic N) is 1. The van der Waals surface area contributed by atoms with Gasteiger partial charge in [0.2, 0.25) is 0 Å². The number of aryl methyl sites for hydroxylation is 2. The number of hydrogen-bond acceptors (Lipinski definition) is 4. The van der Waals surface area contributed by atoms with E-state index in [9.17, 15) is 4.79 Å². The van der Waals surface area contributed by atoms with E-state index >= 15 is 0 Å². The van der Waals surface area contributed by atoms with Crippen LogP contribution in [0.1, 0.15) is 27.4 Å². The Hall–Kier alpha value is -2.01. The average molecular weight is 282 g/mol. The van der Waals surface area contributed by atoms with E-state index in [-0.39, 0.29) is 17.2 Å². The third-order valence-electron chi connectivity index (χ3n) is 2.73. The van der Waals surface area contributed by atoms with Crippen molar-refractivity contribution in [2.45, 2.75) is 20.5 Å². The fraction of sp³-hybridized carbons (Fsp3) is 0.231. The molecular weight excluding hydrogens is 270 g/mol. The minimum absolute atomic E-state index is 0.120. The molecule has 1 aromatic carbocycles. The highest BCUT2D eigenvalue weighted by Gasteiger charge is 2.12. The lowest BCUT2D eigenvalue weighted by atomic mass is 10.2. The highest BCUT2D eigenvalue weighted by atomic mass is 35.5. The first-order valence-electron chi connectivity index (χ1n) is 5.56. The Morgan fingerprint density at radius 2 is 2.21 bits per heavy atom. The van der Waals surface area contributed by atoms with Gasteiger partial charge in [-0.25, -0.2) is 4.79 Å². The maximum atomic E-state index is 10.8. The minimum atomic E-state index is -1.03. The van der Waals surface area contributed by atoms with Crippen molar-refractivity contribution in [3.8, 4) is 5.75 Å². The highest BCUT2D eigenvalue weighted by Crippen LogP contribution is 2.27. The molecule has 1 N–H and O–H groups in total. The van der Waals surface area contributed by atoms with E-state index in [1.807, 2.05) is 6.92 Å². The number of aromatic carboxylic acids is 1. The van der Waals surface area contributed by atoms with Gasteiger partial charge in [-0.05, 0) is 32.0 Å². The van der Waals surface area contributed by atoms with Gasteiger partial charge >= 0.3 is 5.97 Å². The zero-order valence-corrected chi connectivity index (χ0v) is 11.2. The summed E-state index contributed by atoms with van der Waals surface area (Å²) in [6.07, 6.45) is 0. The van der Waals surface area contributed by atoms with Crippen LogP contribution >= 0.6 is 11.6 Å². The number of carboxylic acids is 1. The molecule has 0 spiro atoms. The molecule has 2 rings (SSSR count). The van der Waals surface area contributed by atoms with E-state index in [2.05, 4.69) is 5.16 Å². The van der Waals surface area contributed by atoms with Crippen LogP contribution < -0.4 is 4.74 Å². The van der Waals surface area contributed by atoms with Crippen LogP contribution in [0, 0.1) is 13.8 Å². The summed E-state index contributed by atoms with van der Waals surface area (Å²) < 4.78 is 10.6. The molecule has 1 heterocycles. The van der Waals surface area contributed by atoms with Gasteiger partial charge in [-0.3, -0.25) is 0 Å². The number of carboxylic acid groups (broad SMARTS) is 1. The van der Waals surface area contributed by atoms with Crippen LogP contribution in [0.4, 0.5) is 0 Å². The predicted molar refractivity (Wildman–Crippen MR) is 68.7 cm³/mol. The number of carbonyl (C=O) groups is 1. The molecule has 5 nitrogen and oxygen atoms in total. The summed E-state index contributed by atoms with van der Waals surface area (Å²) in [6, 6.07) is 4.33. The number of rotatable bonds is 4. The second-order valence-electron chi connectivity index (χ2n) is 4.04. The van der Waals surface area contributed by atoms with Gasteiger partial charge in [-0.15, -0.1) is 0 Å². The number of aromatic nitrogens is 1. The molecule has 0 radical (unpaired) electrons. The van der Waals surface area contributed by atoms with Crippen LogP contribution in [0.25, 0.3) is 0 Å². The Bertz CT molecular complexity index is 602. The van der Waals surface area contributed by atoms with Gasteiger partial charge in [0, 0.05) is 0 Å². The molecule has 2 aromatic rings. The highest BCUT2D eigenvalue weighted by molar-refractivity contribution is 6.32. The zero-order valence-electron chi connectivity index (χ0n) is 10.4. The van der Waals surface area contributed by atoms with E-state index in [1.165, 1.54) is 18.2 Å². The Balaban J connectivity index is 2.14. The Morgan fingerprint density at radius 1 is 1.47 bits per heavy atom. The fourth-order valence-electron chi connectivity index (χ4n) is 1.61. The first-order valence-corrected chi connectivity index (χ1v) is 5.94. The summed E-state index contributed by atoms with van der Waals surface area (Å²) in [5, 5.41) is 12.9. The van der Waals surface area contributed by atoms with Crippen LogP contribution in [0.2, 0.25) is 5.02 Å². The van der Waals surface area contributed by atoms with Crippen LogP contribution in [0.3, 0.4) is 0 Å². The zero-order chi connectivity index (χ0) is 14.0. The first-order chi connectivity index (χ1) is 8.99. The molecule has 0 atom stereocenters. The van der Waals surface area contributed by atoms with Crippen LogP contribution in [-0.4, -0.2) is 16.2 Å². The van der Waals surface area contributed by atoms with Crippen molar-refractivity contribution in [2.75, 3.05) is 0 Å². The summed E-state index contributed by atoms with van der Waals surface area (Å²) in [4.78, 5) is 10.8. The van der Waals surface area contributed by atoms with Gasteiger partial charge in [0.1, 0.15) is 18.1 Å². The van der Waals surface area contributed by atoms with E-state index in [1.54, 1.807) is 6.92 Å². The quantitative estimate of drug-likeness (QED) is 0.931. The lowest BCUT2D eigenvalue weighted by molar-refractivity contribution is 0.0697. The van der Waals surface area contributed by atoms with Crippen LogP contribution in [-0.2, 0) is 6.61 Å². The normalized spacial score (nSPS) is 10.5. The molecule has 0 bridgehead atoms. The molecule has 100 valence electrons. The summed E-state index contributed by atoms with van der Waals surface area (Å²) in [5.74, 6) is 0.0848. The summed E-state index contributed by atoms with van der Waals surface area (Å²) in [7, 11) is 0. The van der Waals surface area contributed by atoms with Crippen molar-refractivity contribution >= 4 is 17.6 Å². The monoisotopic (exact) mass is 281 g/mol. The van der Waals surface area contributed by atoms with Gasteiger partial charge < -0.3 is 14.4 Å². The fourth-order valence-corrected chi connectivity index (χ4v) is 1.84. The number of ether oxygens (including phenoxy) is 1. The van der Waals surface area contributed by atoms with Gasteiger partial charge in [0.05, 0.1) is 21.8 Å². The smallest absolute Gasteiger partial charge is 0.335 e. The standard InChI is InChI=1S/C13H12ClNO4/c1-7-10(8(2)19-15-7)6-18-12-4-3-9(13(16)17)5-11(12)14/h3-5H,6H2,1-2H3,(H,16,17). The number of halogens is 1. The van der Waals surface area contributed by atoms with Crippen molar-refractivity contribution in [1.82, 2.24) is 5.16 Å². The third kappa shape index (κ3) is 2.88. The van der Waals surface area contributed by atoms with Gasteiger partial charge in [0.25, 0.3) is 0 Å². The molecule has 1 aromatic heterocycles. The molecule has 0 unspecified atom stereocenters. The topological polar surface area (TPSA) is 72.6 Å². The molecular formula is C13H12ClNO4. The van der Waals surface area contributed by atoms with Crippen molar-refractivity contribution in [3.05, 3.63) is 45.8 Å². The van der Waals surface area contributed by atoms with Crippen molar-refractivity contribution < 1.29 is 19.2 Å². The average Bonchev–Trinajstić information content (AvgIpc) is 2.68. The lowest BCUT2D eigenvalue weighted by Gasteiger charge is -2.08. The van der Waals surface area contributed by atoms with E-state index < -0.39 is 5.97 Å². The molecule has 0 fully saturated rings. The Kier molecular flexibility index (Phi) is 3.76. The second kappa shape index (κ2) is 5.32. The number of benzene rings is 1. The van der Waals surface area contributed by atoms with Crippen molar-refractivity contribution in [1.29, 1.82) is 0 Å². The maximum absolute atomic E-state index is 10.8. The summed E-state index contributed by atoms with van der Waals surface area (Å²) >= 11 is 5.97. The summed E-state index contributed by atoms with van der Waals surface area (Å²) in [5.41, 5.74) is 1.74. The first kappa shape index (κ1) is 13.4. The second-order valence-corrected chi connectivity index (χ2v) is 4.45. The molecule has 0 aliphatic carbocycles. The SMILES string of the molecule is Cc1noc(C)c1COc1ccc(C(=O)O)cc1Cl. The molecule has 0 aliphatic rings. The van der Waals surface area contributed by atoms with Crippen LogP contribution in [0.15, 0.2) is 22.7 Å². The minimum Gasteiger partial charge on any atom is -0.487 e. The predicted octanol–water partition coefficient (Wildman–Crippen LogP) is 3.22. The van der Waals surface area contributed by atoms with Crippen LogP contribution in [0.5, 0.6) is 5.75 Å². The molecule has 6 heteroatoms. The molecule has 0 amide bonds. The Labute approximate surface area is 114 Å². The molecule has 19 heavy (non-hydrogen) atoms. The lowest BCUT2D eigenvalue weighted by Crippen LogP contribution is -2.00.